The molecular weight excluding hydrogens is 244 g/mol. The molecule has 1 rings (SSSR count). The van der Waals surface area contributed by atoms with Crippen LogP contribution >= 0.6 is 0 Å². The second-order valence-electron chi connectivity index (χ2n) is 4.29. The van der Waals surface area contributed by atoms with E-state index in [1.807, 2.05) is 30.3 Å². The number of benzene rings is 1. The van der Waals surface area contributed by atoms with Crippen LogP contribution in [0.25, 0.3) is 0 Å². The lowest BCUT2D eigenvalue weighted by Gasteiger charge is -2.13. The standard InChI is InChI=1S/C14H20N2O3/c1-2-12(13(17)18)16-14(19)15-10-6-9-11-7-4-3-5-8-11/h3-5,7-8,12H,2,6,9-10H2,1H3,(H,17,18)(H2,15,16,19)/t12-/m1/s1. The molecule has 5 heteroatoms. The third kappa shape index (κ3) is 5.90. The van der Waals surface area contributed by atoms with E-state index in [2.05, 4.69) is 10.6 Å². The average Bonchev–Trinajstić information content (AvgIpc) is 2.42. The molecule has 0 aromatic heterocycles. The van der Waals surface area contributed by atoms with Crippen LogP contribution in [-0.4, -0.2) is 29.7 Å². The van der Waals surface area contributed by atoms with Gasteiger partial charge >= 0.3 is 12.0 Å². The smallest absolute Gasteiger partial charge is 0.326 e. The van der Waals surface area contributed by atoms with Gasteiger partial charge in [-0.05, 0) is 24.8 Å². The van der Waals surface area contributed by atoms with E-state index in [-0.39, 0.29) is 0 Å². The second kappa shape index (κ2) is 8.13. The van der Waals surface area contributed by atoms with Crippen molar-refractivity contribution in [2.75, 3.05) is 6.54 Å². The van der Waals surface area contributed by atoms with Crippen LogP contribution < -0.4 is 10.6 Å². The van der Waals surface area contributed by atoms with Crippen molar-refractivity contribution in [3.8, 4) is 0 Å². The van der Waals surface area contributed by atoms with E-state index in [0.29, 0.717) is 13.0 Å². The zero-order valence-corrected chi connectivity index (χ0v) is 11.1. The number of hydrogen-bond donors (Lipinski definition) is 3. The summed E-state index contributed by atoms with van der Waals surface area (Å²) in [6.45, 7) is 2.24. The third-order valence-corrected chi connectivity index (χ3v) is 2.78. The number of rotatable bonds is 7. The lowest BCUT2D eigenvalue weighted by Crippen LogP contribution is -2.45. The number of aryl methyl sites for hydroxylation is 1. The minimum Gasteiger partial charge on any atom is -0.480 e. The number of aliphatic carboxylic acids is 1. The van der Waals surface area contributed by atoms with Gasteiger partial charge < -0.3 is 15.7 Å². The van der Waals surface area contributed by atoms with Crippen molar-refractivity contribution < 1.29 is 14.7 Å². The molecule has 0 radical (unpaired) electrons. The Morgan fingerprint density at radius 1 is 1.26 bits per heavy atom. The number of hydrogen-bond acceptors (Lipinski definition) is 2. The number of carbonyl (C=O) groups excluding carboxylic acids is 1. The lowest BCUT2D eigenvalue weighted by molar-refractivity contribution is -0.139. The second-order valence-corrected chi connectivity index (χ2v) is 4.29. The predicted octanol–water partition coefficient (Wildman–Crippen LogP) is 1.78. The first-order chi connectivity index (χ1) is 9.13. The summed E-state index contributed by atoms with van der Waals surface area (Å²) in [7, 11) is 0. The summed E-state index contributed by atoms with van der Waals surface area (Å²) in [5, 5.41) is 13.9. The predicted molar refractivity (Wildman–Crippen MR) is 73.0 cm³/mol. The summed E-state index contributed by atoms with van der Waals surface area (Å²) in [6.07, 6.45) is 2.07. The Balaban J connectivity index is 2.19. The molecule has 0 fully saturated rings. The van der Waals surface area contributed by atoms with E-state index in [4.69, 9.17) is 5.11 Å². The van der Waals surface area contributed by atoms with Gasteiger partial charge in [0.05, 0.1) is 0 Å². The summed E-state index contributed by atoms with van der Waals surface area (Å²) < 4.78 is 0. The molecule has 1 atom stereocenters. The first-order valence-corrected chi connectivity index (χ1v) is 6.44. The normalized spacial score (nSPS) is 11.6. The monoisotopic (exact) mass is 264 g/mol. The molecule has 0 saturated carbocycles. The van der Waals surface area contributed by atoms with Crippen molar-refractivity contribution in [1.82, 2.24) is 10.6 Å². The number of carbonyl (C=O) groups is 2. The maximum Gasteiger partial charge on any atom is 0.326 e. The Bertz CT molecular complexity index is 406. The van der Waals surface area contributed by atoms with Crippen LogP contribution in [0, 0.1) is 0 Å². The molecule has 1 aromatic carbocycles. The molecule has 0 aliphatic rings. The highest BCUT2D eigenvalue weighted by molar-refractivity contribution is 5.82. The SMILES string of the molecule is CC[C@@H](NC(=O)NCCCc1ccccc1)C(=O)O. The Morgan fingerprint density at radius 2 is 1.95 bits per heavy atom. The lowest BCUT2D eigenvalue weighted by atomic mass is 10.1. The first-order valence-electron chi connectivity index (χ1n) is 6.44. The Morgan fingerprint density at radius 3 is 2.53 bits per heavy atom. The van der Waals surface area contributed by atoms with Gasteiger partial charge in [-0.25, -0.2) is 9.59 Å². The number of amides is 2. The molecule has 0 aliphatic heterocycles. The van der Waals surface area contributed by atoms with Crippen molar-refractivity contribution in [1.29, 1.82) is 0 Å². The van der Waals surface area contributed by atoms with Gasteiger partial charge in [0.15, 0.2) is 0 Å². The minimum atomic E-state index is -1.01. The summed E-state index contributed by atoms with van der Waals surface area (Å²) in [5.74, 6) is -1.01. The van der Waals surface area contributed by atoms with E-state index >= 15 is 0 Å². The van der Waals surface area contributed by atoms with Crippen molar-refractivity contribution in [3.05, 3.63) is 35.9 Å². The molecular formula is C14H20N2O3. The zero-order chi connectivity index (χ0) is 14.1. The molecule has 2 amide bonds. The maximum absolute atomic E-state index is 11.4. The van der Waals surface area contributed by atoms with Crippen molar-refractivity contribution in [3.63, 3.8) is 0 Å². The molecule has 19 heavy (non-hydrogen) atoms. The molecule has 5 nitrogen and oxygen atoms in total. The number of urea groups is 1. The molecule has 104 valence electrons. The minimum absolute atomic E-state index is 0.368. The fourth-order valence-corrected chi connectivity index (χ4v) is 1.69. The summed E-state index contributed by atoms with van der Waals surface area (Å²) in [5.41, 5.74) is 1.22. The number of carboxylic acids is 1. The van der Waals surface area contributed by atoms with Gasteiger partial charge in [-0.2, -0.15) is 0 Å². The highest BCUT2D eigenvalue weighted by atomic mass is 16.4. The molecule has 0 saturated heterocycles. The largest absolute Gasteiger partial charge is 0.480 e. The zero-order valence-electron chi connectivity index (χ0n) is 11.1. The Labute approximate surface area is 113 Å². The Kier molecular flexibility index (Phi) is 6.43. The van der Waals surface area contributed by atoms with E-state index in [9.17, 15) is 9.59 Å². The van der Waals surface area contributed by atoms with Gasteiger partial charge in [-0.1, -0.05) is 37.3 Å². The van der Waals surface area contributed by atoms with E-state index in [0.717, 1.165) is 12.8 Å². The van der Waals surface area contributed by atoms with Gasteiger partial charge in [0.1, 0.15) is 6.04 Å². The molecule has 0 heterocycles. The van der Waals surface area contributed by atoms with Crippen molar-refractivity contribution in [2.24, 2.45) is 0 Å². The van der Waals surface area contributed by atoms with Crippen LogP contribution in [0.15, 0.2) is 30.3 Å². The van der Waals surface area contributed by atoms with E-state index in [1.165, 1.54) is 5.56 Å². The van der Waals surface area contributed by atoms with Crippen LogP contribution in [0.4, 0.5) is 4.79 Å². The molecule has 1 aromatic rings. The van der Waals surface area contributed by atoms with Gasteiger partial charge in [0.2, 0.25) is 0 Å². The quantitative estimate of drug-likeness (QED) is 0.657. The van der Waals surface area contributed by atoms with Crippen LogP contribution in [0.1, 0.15) is 25.3 Å². The van der Waals surface area contributed by atoms with Gasteiger partial charge in [0.25, 0.3) is 0 Å². The van der Waals surface area contributed by atoms with Crippen LogP contribution in [0.2, 0.25) is 0 Å². The van der Waals surface area contributed by atoms with Crippen LogP contribution in [0.3, 0.4) is 0 Å². The van der Waals surface area contributed by atoms with Gasteiger partial charge in [-0.15, -0.1) is 0 Å². The molecule has 0 spiro atoms. The summed E-state index contributed by atoms with van der Waals surface area (Å²) >= 11 is 0. The number of carboxylic acid groups (broad SMARTS) is 1. The van der Waals surface area contributed by atoms with Crippen LogP contribution in [0.5, 0.6) is 0 Å². The fourth-order valence-electron chi connectivity index (χ4n) is 1.69. The third-order valence-electron chi connectivity index (χ3n) is 2.78. The number of nitrogens with one attached hydrogen (secondary N) is 2. The Hall–Kier alpha value is -2.04. The van der Waals surface area contributed by atoms with Gasteiger partial charge in [-0.3, -0.25) is 0 Å². The topological polar surface area (TPSA) is 78.4 Å². The fraction of sp³-hybridized carbons (Fsp3) is 0.429. The highest BCUT2D eigenvalue weighted by Gasteiger charge is 2.16. The van der Waals surface area contributed by atoms with E-state index < -0.39 is 18.0 Å². The van der Waals surface area contributed by atoms with E-state index in [1.54, 1.807) is 6.92 Å². The average molecular weight is 264 g/mol. The highest BCUT2D eigenvalue weighted by Crippen LogP contribution is 2.01. The molecule has 0 bridgehead atoms. The van der Waals surface area contributed by atoms with Crippen LogP contribution in [-0.2, 0) is 11.2 Å². The molecule has 0 aliphatic carbocycles. The van der Waals surface area contributed by atoms with Crippen molar-refractivity contribution >= 4 is 12.0 Å². The maximum atomic E-state index is 11.4. The first kappa shape index (κ1) is 15.0. The molecule has 3 N–H and O–H groups in total. The van der Waals surface area contributed by atoms with Crippen molar-refractivity contribution in [2.45, 2.75) is 32.2 Å². The van der Waals surface area contributed by atoms with Gasteiger partial charge in [0, 0.05) is 6.54 Å². The molecule has 0 unspecified atom stereocenters. The summed E-state index contributed by atoms with van der Waals surface area (Å²) in [6, 6.07) is 8.75. The summed E-state index contributed by atoms with van der Waals surface area (Å²) in [4.78, 5) is 22.2.